The van der Waals surface area contributed by atoms with Crippen molar-refractivity contribution in [3.63, 3.8) is 0 Å². The molecule has 0 aromatic carbocycles. The monoisotopic (exact) mass is 365 g/mol. The van der Waals surface area contributed by atoms with Crippen molar-refractivity contribution in [2.75, 3.05) is 0 Å². The molecule has 0 unspecified atom stereocenters. The molecule has 10 nitrogen and oxygen atoms in total. The van der Waals surface area contributed by atoms with Gasteiger partial charge in [0.05, 0.1) is 0 Å². The fourth-order valence-electron chi connectivity index (χ4n) is 2.61. The molecule has 132 valence electrons. The van der Waals surface area contributed by atoms with Crippen molar-refractivity contribution >= 4 is 21.0 Å². The van der Waals surface area contributed by atoms with Gasteiger partial charge in [0.2, 0.25) is 20.7 Å². The Morgan fingerprint density at radius 2 is 1.80 bits per heavy atom. The minimum absolute atomic E-state index is 0.00811. The average Bonchev–Trinajstić information content (AvgIpc) is 2.91. The van der Waals surface area contributed by atoms with Gasteiger partial charge in [0.15, 0.2) is 17.4 Å². The number of rotatable bonds is 3. The lowest BCUT2D eigenvalue weighted by Gasteiger charge is -2.05. The molecule has 3 rings (SSSR count). The Labute approximate surface area is 141 Å². The van der Waals surface area contributed by atoms with E-state index in [1.807, 2.05) is 0 Å². The van der Waals surface area contributed by atoms with E-state index >= 15 is 0 Å². The number of hydrogen-bond acceptors (Lipinski definition) is 6. The number of imidazole rings is 1. The van der Waals surface area contributed by atoms with Crippen molar-refractivity contribution in [2.45, 2.75) is 10.9 Å². The Morgan fingerprint density at radius 3 is 2.44 bits per heavy atom. The van der Waals surface area contributed by atoms with Crippen LogP contribution in [0.25, 0.3) is 11.2 Å². The number of hydrogen-bond donors (Lipinski definition) is 0. The first-order valence-corrected chi connectivity index (χ1v) is 8.82. The Morgan fingerprint density at radius 1 is 1.12 bits per heavy atom. The third-order valence-corrected chi connectivity index (χ3v) is 5.55. The third kappa shape index (κ3) is 2.52. The van der Waals surface area contributed by atoms with Crippen molar-refractivity contribution < 1.29 is 13.1 Å². The van der Waals surface area contributed by atoms with Crippen molar-refractivity contribution in [2.24, 2.45) is 21.1 Å². The summed E-state index contributed by atoms with van der Waals surface area (Å²) in [5, 5.41) is 11.3. The average molecular weight is 365 g/mol. The Balaban J connectivity index is 2.26. The smallest absolute Gasteiger partial charge is 0.332 e. The summed E-state index contributed by atoms with van der Waals surface area (Å²) in [5.74, 6) is -0.581. The lowest BCUT2D eigenvalue weighted by atomic mass is 10.4. The Kier molecular flexibility index (Phi) is 3.75. The minimum atomic E-state index is -4.02. The molecule has 0 amide bonds. The second-order valence-corrected chi connectivity index (χ2v) is 7.49. The molecular weight excluding hydrogens is 350 g/mol. The summed E-state index contributed by atoms with van der Waals surface area (Å²) < 4.78 is 29.0. The Bertz CT molecular complexity index is 1220. The van der Waals surface area contributed by atoms with Crippen LogP contribution in [0.2, 0.25) is 0 Å². The molecule has 0 N–H and O–H groups in total. The minimum Gasteiger partial charge on any atom is -0.618 e. The zero-order valence-electron chi connectivity index (χ0n) is 13.7. The van der Waals surface area contributed by atoms with Gasteiger partial charge in [-0.25, -0.2) is 13.2 Å². The number of aryl methyl sites for hydroxylation is 2. The fraction of sp³-hybridized carbons (Fsp3) is 0.286. The maximum Gasteiger partial charge on any atom is 0.332 e. The summed E-state index contributed by atoms with van der Waals surface area (Å²) in [6.07, 6.45) is 1.19. The largest absolute Gasteiger partial charge is 0.618 e. The van der Waals surface area contributed by atoms with E-state index in [0.29, 0.717) is 4.73 Å². The Hall–Kier alpha value is -2.95. The highest BCUT2D eigenvalue weighted by molar-refractivity contribution is 7.90. The molecule has 0 aliphatic heterocycles. The molecule has 3 aromatic heterocycles. The third-order valence-electron chi connectivity index (χ3n) is 3.95. The van der Waals surface area contributed by atoms with Gasteiger partial charge in [-0.2, -0.15) is 9.71 Å². The van der Waals surface area contributed by atoms with Gasteiger partial charge in [0.1, 0.15) is 5.75 Å². The molecule has 0 spiro atoms. The van der Waals surface area contributed by atoms with Crippen molar-refractivity contribution in [1.82, 2.24) is 18.7 Å². The molecule has 0 fully saturated rings. The fourth-order valence-corrected chi connectivity index (χ4v) is 4.09. The van der Waals surface area contributed by atoms with Gasteiger partial charge in [-0.3, -0.25) is 13.9 Å². The van der Waals surface area contributed by atoms with Crippen LogP contribution in [0.4, 0.5) is 0 Å². The van der Waals surface area contributed by atoms with Crippen LogP contribution in [0.3, 0.4) is 0 Å². The molecule has 11 heteroatoms. The standard InChI is InChI=1S/C14H15N5O5S/c1-16-10-11(17(2)14(21)18(3)12(10)20)15-13(16)25(23,24)8-9-6-4-5-7-19(9)22/h4-7H,8H2,1-3H3. The van der Waals surface area contributed by atoms with Crippen LogP contribution in [0.15, 0.2) is 39.1 Å². The van der Waals surface area contributed by atoms with E-state index in [1.54, 1.807) is 6.07 Å². The van der Waals surface area contributed by atoms with Gasteiger partial charge in [-0.1, -0.05) is 0 Å². The zero-order valence-corrected chi connectivity index (χ0v) is 14.5. The molecule has 3 heterocycles. The predicted octanol–water partition coefficient (Wildman–Crippen LogP) is -1.42. The van der Waals surface area contributed by atoms with Gasteiger partial charge in [-0.05, 0) is 6.07 Å². The molecular formula is C14H15N5O5S. The topological polar surface area (TPSA) is 123 Å². The van der Waals surface area contributed by atoms with Crippen LogP contribution >= 0.6 is 0 Å². The zero-order chi connectivity index (χ0) is 18.5. The number of pyridine rings is 1. The number of fused-ring (bicyclic) bond motifs is 1. The number of sulfone groups is 1. The second-order valence-electron chi connectivity index (χ2n) is 5.61. The van der Waals surface area contributed by atoms with Gasteiger partial charge in [0.25, 0.3) is 5.56 Å². The van der Waals surface area contributed by atoms with E-state index in [0.717, 1.165) is 13.7 Å². The van der Waals surface area contributed by atoms with Gasteiger partial charge >= 0.3 is 5.69 Å². The summed E-state index contributed by atoms with van der Waals surface area (Å²) in [5.41, 5.74) is -1.27. The number of nitrogens with zero attached hydrogens (tertiary/aromatic N) is 5. The van der Waals surface area contributed by atoms with Gasteiger partial charge in [0, 0.05) is 33.3 Å². The van der Waals surface area contributed by atoms with Crippen LogP contribution in [0, 0.1) is 5.21 Å². The lowest BCUT2D eigenvalue weighted by Crippen LogP contribution is -2.37. The van der Waals surface area contributed by atoms with E-state index < -0.39 is 26.8 Å². The summed E-state index contributed by atoms with van der Waals surface area (Å²) in [6, 6.07) is 4.42. The first-order chi connectivity index (χ1) is 11.6. The highest BCUT2D eigenvalue weighted by Gasteiger charge is 2.28. The highest BCUT2D eigenvalue weighted by atomic mass is 32.2. The molecule has 0 radical (unpaired) electrons. The molecule has 0 aliphatic carbocycles. The van der Waals surface area contributed by atoms with E-state index in [4.69, 9.17) is 0 Å². The van der Waals surface area contributed by atoms with Crippen molar-refractivity contribution in [3.8, 4) is 0 Å². The van der Waals surface area contributed by atoms with Gasteiger partial charge < -0.3 is 9.77 Å². The normalized spacial score (nSPS) is 12.0. The lowest BCUT2D eigenvalue weighted by molar-refractivity contribution is -0.612. The maximum absolute atomic E-state index is 12.7. The van der Waals surface area contributed by atoms with Crippen LogP contribution in [0.1, 0.15) is 5.69 Å². The SMILES string of the molecule is Cn1c(=O)c2c(nc(S(=O)(=O)Cc3cccc[n+]3[O-])n2C)n(C)c1=O. The number of aromatic nitrogens is 5. The molecule has 0 saturated heterocycles. The summed E-state index contributed by atoms with van der Waals surface area (Å²) in [7, 11) is 0.0595. The molecule has 3 aromatic rings. The summed E-state index contributed by atoms with van der Waals surface area (Å²) in [4.78, 5) is 28.3. The second kappa shape index (κ2) is 5.55. The first kappa shape index (κ1) is 16.9. The molecule has 25 heavy (non-hydrogen) atoms. The highest BCUT2D eigenvalue weighted by Crippen LogP contribution is 2.17. The molecule has 0 atom stereocenters. The van der Waals surface area contributed by atoms with Crippen LogP contribution in [-0.2, 0) is 36.7 Å². The van der Waals surface area contributed by atoms with Crippen LogP contribution in [0.5, 0.6) is 0 Å². The van der Waals surface area contributed by atoms with E-state index in [1.165, 1.54) is 39.5 Å². The van der Waals surface area contributed by atoms with Crippen molar-refractivity contribution in [3.05, 3.63) is 56.1 Å². The first-order valence-electron chi connectivity index (χ1n) is 7.17. The molecule has 0 bridgehead atoms. The van der Waals surface area contributed by atoms with E-state index in [-0.39, 0.29) is 22.0 Å². The van der Waals surface area contributed by atoms with Gasteiger partial charge in [-0.15, -0.1) is 0 Å². The summed E-state index contributed by atoms with van der Waals surface area (Å²) >= 11 is 0. The predicted molar refractivity (Wildman–Crippen MR) is 87.5 cm³/mol. The van der Waals surface area contributed by atoms with Crippen molar-refractivity contribution in [1.29, 1.82) is 0 Å². The van der Waals surface area contributed by atoms with Crippen LogP contribution < -0.4 is 16.0 Å². The van der Waals surface area contributed by atoms with E-state index in [2.05, 4.69) is 4.98 Å². The molecule has 0 aliphatic rings. The molecule has 0 saturated carbocycles. The van der Waals surface area contributed by atoms with Crippen LogP contribution in [-0.4, -0.2) is 27.1 Å². The van der Waals surface area contributed by atoms with E-state index in [9.17, 15) is 23.2 Å². The maximum atomic E-state index is 12.7. The quantitative estimate of drug-likeness (QED) is 0.414. The summed E-state index contributed by atoms with van der Waals surface area (Å²) in [6.45, 7) is 0.